The van der Waals surface area contributed by atoms with E-state index in [0.717, 1.165) is 25.1 Å². The number of para-hydroxylation sites is 1. The third-order valence-corrected chi connectivity index (χ3v) is 3.22. The van der Waals surface area contributed by atoms with Crippen LogP contribution in [0.2, 0.25) is 0 Å². The van der Waals surface area contributed by atoms with Crippen LogP contribution in [0.25, 0.3) is 0 Å². The lowest BCUT2D eigenvalue weighted by Crippen LogP contribution is -2.43. The van der Waals surface area contributed by atoms with Crippen molar-refractivity contribution in [2.75, 3.05) is 32.5 Å². The summed E-state index contributed by atoms with van der Waals surface area (Å²) in [4.78, 5) is 14.1. The second-order valence-corrected chi connectivity index (χ2v) is 4.99. The number of nitrogens with one attached hydrogen (secondary N) is 2. The lowest BCUT2D eigenvalue weighted by Gasteiger charge is -2.26. The van der Waals surface area contributed by atoms with Crippen molar-refractivity contribution in [3.05, 3.63) is 29.8 Å². The van der Waals surface area contributed by atoms with Crippen molar-refractivity contribution < 1.29 is 4.79 Å². The van der Waals surface area contributed by atoms with E-state index in [1.54, 1.807) is 0 Å². The number of nitrogens with zero attached hydrogens (tertiary/aromatic N) is 1. The Morgan fingerprint density at radius 1 is 1.44 bits per heavy atom. The van der Waals surface area contributed by atoms with Gasteiger partial charge in [0.15, 0.2) is 0 Å². The largest absolute Gasteiger partial charge is 0.373 e. The van der Waals surface area contributed by atoms with Crippen molar-refractivity contribution in [2.45, 2.75) is 18.9 Å². The number of anilines is 1. The molecule has 2 rings (SSSR count). The van der Waals surface area contributed by atoms with Crippen molar-refractivity contribution in [3.63, 3.8) is 0 Å². The van der Waals surface area contributed by atoms with Gasteiger partial charge in [0.25, 0.3) is 0 Å². The molecule has 1 aliphatic heterocycles. The lowest BCUT2D eigenvalue weighted by molar-refractivity contribution is -0.122. The van der Waals surface area contributed by atoms with Gasteiger partial charge in [-0.25, -0.2) is 0 Å². The molecule has 18 heavy (non-hydrogen) atoms. The van der Waals surface area contributed by atoms with Gasteiger partial charge in [-0.2, -0.15) is 0 Å². The SMILES string of the molecule is CN(C)CCNC(=O)[C@H]1CCc2ccccc2N1. The molecule has 1 aromatic rings. The summed E-state index contributed by atoms with van der Waals surface area (Å²) in [6.07, 6.45) is 1.83. The summed E-state index contributed by atoms with van der Waals surface area (Å²) in [6, 6.07) is 8.09. The fraction of sp³-hybridized carbons (Fsp3) is 0.500. The van der Waals surface area contributed by atoms with E-state index in [1.165, 1.54) is 5.56 Å². The minimum atomic E-state index is -0.0953. The normalized spacial score (nSPS) is 18.1. The molecular weight excluding hydrogens is 226 g/mol. The first-order chi connectivity index (χ1) is 8.66. The van der Waals surface area contributed by atoms with Gasteiger partial charge in [-0.15, -0.1) is 0 Å². The molecule has 1 amide bonds. The number of benzene rings is 1. The number of carbonyl (C=O) groups is 1. The molecular formula is C14H21N3O. The molecule has 2 N–H and O–H groups in total. The average molecular weight is 247 g/mol. The standard InChI is InChI=1S/C14H21N3O/c1-17(2)10-9-15-14(18)13-8-7-11-5-3-4-6-12(11)16-13/h3-6,13,16H,7-10H2,1-2H3,(H,15,18)/t13-/m1/s1. The van der Waals surface area contributed by atoms with Gasteiger partial charge in [-0.05, 0) is 38.6 Å². The highest BCUT2D eigenvalue weighted by molar-refractivity contribution is 5.85. The Balaban J connectivity index is 1.87. The van der Waals surface area contributed by atoms with E-state index in [4.69, 9.17) is 0 Å². The zero-order chi connectivity index (χ0) is 13.0. The predicted molar refractivity (Wildman–Crippen MR) is 73.7 cm³/mol. The zero-order valence-electron chi connectivity index (χ0n) is 11.1. The van der Waals surface area contributed by atoms with Gasteiger partial charge >= 0.3 is 0 Å². The summed E-state index contributed by atoms with van der Waals surface area (Å²) in [6.45, 7) is 1.57. The third-order valence-electron chi connectivity index (χ3n) is 3.22. The summed E-state index contributed by atoms with van der Waals surface area (Å²) < 4.78 is 0. The number of amides is 1. The minimum Gasteiger partial charge on any atom is -0.373 e. The third kappa shape index (κ3) is 3.23. The number of carbonyl (C=O) groups excluding carboxylic acids is 1. The molecule has 1 aromatic carbocycles. The van der Waals surface area contributed by atoms with Crippen molar-refractivity contribution in [1.29, 1.82) is 0 Å². The summed E-state index contributed by atoms with van der Waals surface area (Å²) in [7, 11) is 4.00. The van der Waals surface area contributed by atoms with E-state index in [-0.39, 0.29) is 11.9 Å². The first-order valence-electron chi connectivity index (χ1n) is 6.43. The fourth-order valence-corrected chi connectivity index (χ4v) is 2.16. The molecule has 98 valence electrons. The fourth-order valence-electron chi connectivity index (χ4n) is 2.16. The van der Waals surface area contributed by atoms with Crippen LogP contribution in [0.5, 0.6) is 0 Å². The summed E-state index contributed by atoms with van der Waals surface area (Å²) in [5.74, 6) is 0.103. The maximum atomic E-state index is 12.0. The van der Waals surface area contributed by atoms with Gasteiger partial charge in [0, 0.05) is 18.8 Å². The highest BCUT2D eigenvalue weighted by atomic mass is 16.2. The molecule has 0 aliphatic carbocycles. The Hall–Kier alpha value is -1.55. The number of aryl methyl sites for hydroxylation is 1. The maximum absolute atomic E-state index is 12.0. The van der Waals surface area contributed by atoms with Crippen LogP contribution in [0, 0.1) is 0 Å². The van der Waals surface area contributed by atoms with Crippen LogP contribution in [0.4, 0.5) is 5.69 Å². The van der Waals surface area contributed by atoms with Crippen molar-refractivity contribution in [2.24, 2.45) is 0 Å². The van der Waals surface area contributed by atoms with Gasteiger partial charge in [0.1, 0.15) is 6.04 Å². The van der Waals surface area contributed by atoms with E-state index >= 15 is 0 Å². The van der Waals surface area contributed by atoms with Gasteiger partial charge in [0.2, 0.25) is 5.91 Å². The number of fused-ring (bicyclic) bond motifs is 1. The van der Waals surface area contributed by atoms with Crippen LogP contribution in [-0.2, 0) is 11.2 Å². The molecule has 0 spiro atoms. The Bertz CT molecular complexity index is 417. The van der Waals surface area contributed by atoms with Crippen LogP contribution in [-0.4, -0.2) is 44.0 Å². The number of hydrogen-bond donors (Lipinski definition) is 2. The molecule has 0 fully saturated rings. The molecule has 0 saturated carbocycles. The first kappa shape index (κ1) is 12.9. The number of hydrogen-bond acceptors (Lipinski definition) is 3. The topological polar surface area (TPSA) is 44.4 Å². The van der Waals surface area contributed by atoms with Gasteiger partial charge in [0.05, 0.1) is 0 Å². The van der Waals surface area contributed by atoms with Crippen molar-refractivity contribution in [3.8, 4) is 0 Å². The number of rotatable bonds is 4. The Morgan fingerprint density at radius 3 is 3.00 bits per heavy atom. The molecule has 1 aliphatic rings. The Labute approximate surface area is 108 Å². The highest BCUT2D eigenvalue weighted by Crippen LogP contribution is 2.24. The predicted octanol–water partition coefficient (Wildman–Crippen LogP) is 1.09. The van der Waals surface area contributed by atoms with Gasteiger partial charge in [-0.1, -0.05) is 18.2 Å². The van der Waals surface area contributed by atoms with Gasteiger partial charge < -0.3 is 15.5 Å². The lowest BCUT2D eigenvalue weighted by atomic mass is 9.98. The summed E-state index contributed by atoms with van der Waals surface area (Å²) in [5, 5.41) is 6.28. The molecule has 0 unspecified atom stereocenters. The molecule has 0 saturated heterocycles. The monoisotopic (exact) mass is 247 g/mol. The highest BCUT2D eigenvalue weighted by Gasteiger charge is 2.22. The average Bonchev–Trinajstić information content (AvgIpc) is 2.37. The molecule has 1 heterocycles. The quantitative estimate of drug-likeness (QED) is 0.837. The van der Waals surface area contributed by atoms with E-state index in [0.29, 0.717) is 6.54 Å². The molecule has 0 aromatic heterocycles. The first-order valence-corrected chi connectivity index (χ1v) is 6.43. The van der Waals surface area contributed by atoms with Crippen LogP contribution in [0.15, 0.2) is 24.3 Å². The van der Waals surface area contributed by atoms with Crippen LogP contribution in [0.3, 0.4) is 0 Å². The van der Waals surface area contributed by atoms with E-state index in [2.05, 4.69) is 21.6 Å². The van der Waals surface area contributed by atoms with Crippen LogP contribution >= 0.6 is 0 Å². The number of likely N-dealkylation sites (N-methyl/N-ethyl adjacent to an activating group) is 1. The maximum Gasteiger partial charge on any atom is 0.242 e. The van der Waals surface area contributed by atoms with E-state index in [9.17, 15) is 4.79 Å². The molecule has 4 nitrogen and oxygen atoms in total. The smallest absolute Gasteiger partial charge is 0.242 e. The molecule has 0 radical (unpaired) electrons. The molecule has 0 bridgehead atoms. The van der Waals surface area contributed by atoms with E-state index in [1.807, 2.05) is 32.3 Å². The van der Waals surface area contributed by atoms with Crippen molar-refractivity contribution in [1.82, 2.24) is 10.2 Å². The van der Waals surface area contributed by atoms with Crippen LogP contribution < -0.4 is 10.6 Å². The summed E-state index contributed by atoms with van der Waals surface area (Å²) >= 11 is 0. The molecule has 4 heteroatoms. The second kappa shape index (κ2) is 5.87. The van der Waals surface area contributed by atoms with E-state index < -0.39 is 0 Å². The summed E-state index contributed by atoms with van der Waals surface area (Å²) in [5.41, 5.74) is 2.39. The van der Waals surface area contributed by atoms with Gasteiger partial charge in [-0.3, -0.25) is 4.79 Å². The van der Waals surface area contributed by atoms with Crippen LogP contribution in [0.1, 0.15) is 12.0 Å². The molecule has 1 atom stereocenters. The zero-order valence-corrected chi connectivity index (χ0v) is 11.1. The Kier molecular flexibility index (Phi) is 4.20. The van der Waals surface area contributed by atoms with Crippen molar-refractivity contribution >= 4 is 11.6 Å². The minimum absolute atomic E-state index is 0.0953. The Morgan fingerprint density at radius 2 is 2.22 bits per heavy atom. The second-order valence-electron chi connectivity index (χ2n) is 4.99.